The molecular formula is C17H23N3O3. The molecule has 2 rings (SSSR count). The first kappa shape index (κ1) is 17.0. The van der Waals surface area contributed by atoms with Crippen LogP contribution in [0, 0.1) is 5.92 Å². The number of aliphatic hydroxyl groups is 1. The summed E-state index contributed by atoms with van der Waals surface area (Å²) in [6.07, 6.45) is 1.28. The Morgan fingerprint density at radius 1 is 1.30 bits per heavy atom. The Morgan fingerprint density at radius 2 is 2.00 bits per heavy atom. The molecule has 2 aromatic rings. The number of aliphatic hydroxyl groups excluding tert-OH is 1. The third kappa shape index (κ3) is 4.32. The van der Waals surface area contributed by atoms with E-state index in [1.54, 1.807) is 6.20 Å². The normalized spacial score (nSPS) is 13.9. The van der Waals surface area contributed by atoms with Crippen LogP contribution in [0.3, 0.4) is 0 Å². The van der Waals surface area contributed by atoms with E-state index in [1.807, 2.05) is 38.1 Å². The van der Waals surface area contributed by atoms with Gasteiger partial charge in [-0.3, -0.25) is 9.59 Å². The molecule has 6 heteroatoms. The van der Waals surface area contributed by atoms with Gasteiger partial charge in [0.25, 0.3) is 0 Å². The zero-order chi connectivity index (χ0) is 17.0. The van der Waals surface area contributed by atoms with E-state index in [2.05, 4.69) is 10.3 Å². The number of carbonyl (C=O) groups excluding carboxylic acids is 2. The molecule has 0 unspecified atom stereocenters. The van der Waals surface area contributed by atoms with Crippen LogP contribution in [0.25, 0.3) is 10.9 Å². The lowest BCUT2D eigenvalue weighted by Gasteiger charge is -2.18. The van der Waals surface area contributed by atoms with Crippen molar-refractivity contribution < 1.29 is 14.7 Å². The highest BCUT2D eigenvalue weighted by molar-refractivity contribution is 5.90. The summed E-state index contributed by atoms with van der Waals surface area (Å²) in [4.78, 5) is 26.8. The van der Waals surface area contributed by atoms with E-state index in [-0.39, 0.29) is 12.3 Å². The predicted molar refractivity (Wildman–Crippen MR) is 88.6 cm³/mol. The van der Waals surface area contributed by atoms with E-state index in [0.29, 0.717) is 6.42 Å². The molecule has 0 bridgehead atoms. The number of amides is 2. The Balaban J connectivity index is 2.10. The molecule has 1 aromatic heterocycles. The Morgan fingerprint density at radius 3 is 2.65 bits per heavy atom. The lowest BCUT2D eigenvalue weighted by molar-refractivity contribution is -0.133. The van der Waals surface area contributed by atoms with Gasteiger partial charge in [0.2, 0.25) is 11.8 Å². The maximum absolute atomic E-state index is 12.0. The van der Waals surface area contributed by atoms with E-state index in [1.165, 1.54) is 0 Å². The van der Waals surface area contributed by atoms with Crippen LogP contribution in [0.15, 0.2) is 30.5 Å². The molecule has 0 aliphatic heterocycles. The molecule has 2 atom stereocenters. The number of aromatic amines is 1. The molecule has 1 aromatic carbocycles. The van der Waals surface area contributed by atoms with Crippen LogP contribution in [0.5, 0.6) is 0 Å². The molecule has 0 spiro atoms. The van der Waals surface area contributed by atoms with Gasteiger partial charge in [-0.1, -0.05) is 32.0 Å². The highest BCUT2D eigenvalue weighted by atomic mass is 16.3. The first-order valence-electron chi connectivity index (χ1n) is 7.71. The van der Waals surface area contributed by atoms with Crippen molar-refractivity contribution in [1.82, 2.24) is 10.3 Å². The number of primary amides is 1. The zero-order valence-corrected chi connectivity index (χ0v) is 13.4. The van der Waals surface area contributed by atoms with Gasteiger partial charge < -0.3 is 21.1 Å². The lowest BCUT2D eigenvalue weighted by Crippen LogP contribution is -2.49. The fourth-order valence-corrected chi connectivity index (χ4v) is 2.56. The fraction of sp³-hybridized carbons (Fsp3) is 0.412. The summed E-state index contributed by atoms with van der Waals surface area (Å²) >= 11 is 0. The second-order valence-corrected chi connectivity index (χ2v) is 6.17. The first-order valence-corrected chi connectivity index (χ1v) is 7.71. The number of aromatic nitrogens is 1. The molecule has 6 nitrogen and oxygen atoms in total. The van der Waals surface area contributed by atoms with Crippen LogP contribution in [0.1, 0.15) is 25.8 Å². The predicted octanol–water partition coefficient (Wildman–Crippen LogP) is 1.09. The van der Waals surface area contributed by atoms with Gasteiger partial charge >= 0.3 is 0 Å². The Bertz CT molecular complexity index is 693. The monoisotopic (exact) mass is 317 g/mol. The van der Waals surface area contributed by atoms with Crippen molar-refractivity contribution in [2.45, 2.75) is 38.8 Å². The van der Waals surface area contributed by atoms with E-state index >= 15 is 0 Å². The van der Waals surface area contributed by atoms with Crippen LogP contribution in [0.4, 0.5) is 0 Å². The number of rotatable bonds is 7. The van der Waals surface area contributed by atoms with Gasteiger partial charge in [0.15, 0.2) is 0 Å². The molecule has 0 saturated heterocycles. The smallest absolute Gasteiger partial charge is 0.249 e. The number of hydrogen-bond acceptors (Lipinski definition) is 3. The minimum atomic E-state index is -1.14. The van der Waals surface area contributed by atoms with Crippen molar-refractivity contribution in [3.05, 3.63) is 36.0 Å². The van der Waals surface area contributed by atoms with Crippen molar-refractivity contribution in [2.24, 2.45) is 11.7 Å². The topological polar surface area (TPSA) is 108 Å². The van der Waals surface area contributed by atoms with Crippen LogP contribution in [-0.4, -0.2) is 34.1 Å². The van der Waals surface area contributed by atoms with Crippen molar-refractivity contribution in [1.29, 1.82) is 0 Å². The summed E-state index contributed by atoms with van der Waals surface area (Å²) in [7, 11) is 0. The minimum Gasteiger partial charge on any atom is -0.383 e. The maximum Gasteiger partial charge on any atom is 0.249 e. The average Bonchev–Trinajstić information content (AvgIpc) is 2.89. The van der Waals surface area contributed by atoms with Crippen LogP contribution >= 0.6 is 0 Å². The summed E-state index contributed by atoms with van der Waals surface area (Å²) < 4.78 is 0. The van der Waals surface area contributed by atoms with Crippen molar-refractivity contribution in [3.63, 3.8) is 0 Å². The number of nitrogens with two attached hydrogens (primary N) is 1. The minimum absolute atomic E-state index is 0.177. The van der Waals surface area contributed by atoms with Gasteiger partial charge in [0.1, 0.15) is 12.1 Å². The van der Waals surface area contributed by atoms with Gasteiger partial charge in [-0.25, -0.2) is 0 Å². The number of H-pyrrole nitrogens is 1. The quantitative estimate of drug-likeness (QED) is 0.614. The highest BCUT2D eigenvalue weighted by Crippen LogP contribution is 2.19. The van der Waals surface area contributed by atoms with Crippen LogP contribution < -0.4 is 11.1 Å². The lowest BCUT2D eigenvalue weighted by atomic mass is 10.0. The molecule has 5 N–H and O–H groups in total. The third-order valence-electron chi connectivity index (χ3n) is 3.76. The molecular weight excluding hydrogens is 294 g/mol. The molecule has 124 valence electrons. The largest absolute Gasteiger partial charge is 0.383 e. The van der Waals surface area contributed by atoms with E-state index in [0.717, 1.165) is 16.5 Å². The number of hydrogen-bond donors (Lipinski definition) is 4. The standard InChI is InChI=1S/C17H23N3O3/c1-10(2)7-15(21)17(23)20-14(16(18)22)8-11-9-19-13-6-4-3-5-12(11)13/h3-6,9-10,14-15,19,21H,7-8H2,1-2H3,(H2,18,22)(H,20,23)/t14-,15-/m0/s1. The number of para-hydroxylation sites is 1. The van der Waals surface area contributed by atoms with Gasteiger partial charge in [-0.05, 0) is 24.0 Å². The highest BCUT2D eigenvalue weighted by Gasteiger charge is 2.24. The third-order valence-corrected chi connectivity index (χ3v) is 3.76. The molecule has 0 radical (unpaired) electrons. The van der Waals surface area contributed by atoms with Gasteiger partial charge in [-0.2, -0.15) is 0 Å². The average molecular weight is 317 g/mol. The Hall–Kier alpha value is -2.34. The van der Waals surface area contributed by atoms with E-state index < -0.39 is 24.0 Å². The van der Waals surface area contributed by atoms with Gasteiger partial charge in [-0.15, -0.1) is 0 Å². The molecule has 0 fully saturated rings. The molecule has 1 heterocycles. The maximum atomic E-state index is 12.0. The summed E-state index contributed by atoms with van der Waals surface area (Å²) in [5.74, 6) is -1.01. The van der Waals surface area contributed by atoms with E-state index in [4.69, 9.17) is 5.73 Å². The van der Waals surface area contributed by atoms with Crippen LogP contribution in [-0.2, 0) is 16.0 Å². The van der Waals surface area contributed by atoms with E-state index in [9.17, 15) is 14.7 Å². The van der Waals surface area contributed by atoms with Crippen LogP contribution in [0.2, 0.25) is 0 Å². The zero-order valence-electron chi connectivity index (χ0n) is 13.4. The van der Waals surface area contributed by atoms with Gasteiger partial charge in [0.05, 0.1) is 0 Å². The fourth-order valence-electron chi connectivity index (χ4n) is 2.56. The number of nitrogens with one attached hydrogen (secondary N) is 2. The number of fused-ring (bicyclic) bond motifs is 1. The Kier molecular flexibility index (Phi) is 5.39. The molecule has 23 heavy (non-hydrogen) atoms. The van der Waals surface area contributed by atoms with Gasteiger partial charge in [0, 0.05) is 23.5 Å². The first-order chi connectivity index (χ1) is 10.9. The van der Waals surface area contributed by atoms with Crippen molar-refractivity contribution >= 4 is 22.7 Å². The number of benzene rings is 1. The summed E-state index contributed by atoms with van der Waals surface area (Å²) in [6.45, 7) is 3.82. The SMILES string of the molecule is CC(C)C[C@H](O)C(=O)N[C@@H](Cc1c[nH]c2ccccc12)C(N)=O. The molecule has 2 amide bonds. The molecule has 0 aliphatic carbocycles. The van der Waals surface area contributed by atoms with Crippen molar-refractivity contribution in [3.8, 4) is 0 Å². The van der Waals surface area contributed by atoms with Crippen molar-refractivity contribution in [2.75, 3.05) is 0 Å². The Labute approximate surface area is 135 Å². The summed E-state index contributed by atoms with van der Waals surface area (Å²) in [5.41, 5.74) is 7.25. The second-order valence-electron chi connectivity index (χ2n) is 6.17. The number of carbonyl (C=O) groups is 2. The second kappa shape index (κ2) is 7.28. The summed E-state index contributed by atoms with van der Waals surface area (Å²) in [6, 6.07) is 6.84. The summed E-state index contributed by atoms with van der Waals surface area (Å²) in [5, 5.41) is 13.4. The molecule has 0 saturated carbocycles. The molecule has 0 aliphatic rings.